The summed E-state index contributed by atoms with van der Waals surface area (Å²) in [6.45, 7) is 6.02. The standard InChI is InChI=1S/C23H34N4O4/c1-23(2,3)19(20(29)24-13-14-28)25-21(30)27-18-12-8-7-11-17(18)26(22(27)31)15-16-9-5-4-6-10-16/h7-8,11-12,16,19,28H,4-6,9-10,13-15H2,1-3H3,(H,24,29)(H,25,30)/t19-/m1/s1. The highest BCUT2D eigenvalue weighted by Gasteiger charge is 2.34. The second-order valence-corrected chi connectivity index (χ2v) is 9.48. The summed E-state index contributed by atoms with van der Waals surface area (Å²) in [7, 11) is 0. The Morgan fingerprint density at radius 3 is 2.39 bits per heavy atom. The van der Waals surface area contributed by atoms with E-state index in [0.29, 0.717) is 18.0 Å². The zero-order valence-corrected chi connectivity index (χ0v) is 18.7. The summed E-state index contributed by atoms with van der Waals surface area (Å²) in [5.74, 6) is 0.0363. The van der Waals surface area contributed by atoms with Gasteiger partial charge in [0, 0.05) is 13.1 Å². The van der Waals surface area contributed by atoms with E-state index in [9.17, 15) is 14.4 Å². The molecule has 8 nitrogen and oxygen atoms in total. The minimum atomic E-state index is -0.862. The number of nitrogens with zero attached hydrogens (tertiary/aromatic N) is 2. The van der Waals surface area contributed by atoms with Crippen LogP contribution in [0.5, 0.6) is 0 Å². The largest absolute Gasteiger partial charge is 0.395 e. The number of rotatable bonds is 6. The van der Waals surface area contributed by atoms with Gasteiger partial charge in [-0.1, -0.05) is 52.2 Å². The number of aliphatic hydroxyl groups is 1. The smallest absolute Gasteiger partial charge is 0.337 e. The number of benzene rings is 1. The van der Waals surface area contributed by atoms with Crippen molar-refractivity contribution in [1.29, 1.82) is 0 Å². The number of nitrogens with one attached hydrogen (secondary N) is 2. The van der Waals surface area contributed by atoms with E-state index in [1.807, 2.05) is 32.9 Å². The van der Waals surface area contributed by atoms with Gasteiger partial charge < -0.3 is 15.7 Å². The first kappa shape index (κ1) is 23.1. The summed E-state index contributed by atoms with van der Waals surface area (Å²) in [6.07, 6.45) is 5.77. The summed E-state index contributed by atoms with van der Waals surface area (Å²) < 4.78 is 2.83. The lowest BCUT2D eigenvalue weighted by atomic mass is 9.86. The highest BCUT2D eigenvalue weighted by Crippen LogP contribution is 2.26. The number of carbonyl (C=O) groups excluding carboxylic acids is 2. The molecule has 8 heteroatoms. The molecule has 1 heterocycles. The molecule has 2 amide bonds. The zero-order chi connectivity index (χ0) is 22.6. The number of carbonyl (C=O) groups is 2. The number of para-hydroxylation sites is 2. The summed E-state index contributed by atoms with van der Waals surface area (Å²) in [6, 6.07) is 5.79. The monoisotopic (exact) mass is 430 g/mol. The van der Waals surface area contributed by atoms with Gasteiger partial charge >= 0.3 is 11.7 Å². The van der Waals surface area contributed by atoms with Crippen LogP contribution in [0, 0.1) is 11.3 Å². The minimum Gasteiger partial charge on any atom is -0.395 e. The lowest BCUT2D eigenvalue weighted by Gasteiger charge is -2.30. The normalized spacial score (nSPS) is 16.3. The number of amides is 2. The molecule has 2 aromatic rings. The predicted molar refractivity (Wildman–Crippen MR) is 120 cm³/mol. The number of imidazole rings is 1. The molecule has 0 spiro atoms. The molecular weight excluding hydrogens is 396 g/mol. The van der Waals surface area contributed by atoms with Crippen LogP contribution in [-0.4, -0.2) is 45.4 Å². The van der Waals surface area contributed by atoms with Crippen LogP contribution in [0.2, 0.25) is 0 Å². The van der Waals surface area contributed by atoms with Gasteiger partial charge in [-0.15, -0.1) is 0 Å². The molecule has 31 heavy (non-hydrogen) atoms. The lowest BCUT2D eigenvalue weighted by molar-refractivity contribution is -0.125. The molecule has 0 bridgehead atoms. The first-order valence-electron chi connectivity index (χ1n) is 11.1. The van der Waals surface area contributed by atoms with Gasteiger partial charge in [-0.2, -0.15) is 0 Å². The van der Waals surface area contributed by atoms with Crippen molar-refractivity contribution < 1.29 is 14.7 Å². The molecular formula is C23H34N4O4. The van der Waals surface area contributed by atoms with Crippen molar-refractivity contribution in [2.75, 3.05) is 13.2 Å². The number of aliphatic hydroxyl groups excluding tert-OH is 1. The fourth-order valence-electron chi connectivity index (χ4n) is 4.35. The van der Waals surface area contributed by atoms with Crippen LogP contribution >= 0.6 is 0 Å². The second kappa shape index (κ2) is 9.68. The maximum Gasteiger partial charge on any atom is 0.337 e. The summed E-state index contributed by atoms with van der Waals surface area (Å²) >= 11 is 0. The maximum absolute atomic E-state index is 13.3. The van der Waals surface area contributed by atoms with Gasteiger partial charge in [0.25, 0.3) is 0 Å². The fourth-order valence-corrected chi connectivity index (χ4v) is 4.35. The predicted octanol–water partition coefficient (Wildman–Crippen LogP) is 2.46. The van der Waals surface area contributed by atoms with E-state index < -0.39 is 23.4 Å². The Bertz CT molecular complexity index is 980. The van der Waals surface area contributed by atoms with Gasteiger partial charge in [0.2, 0.25) is 5.91 Å². The molecule has 3 N–H and O–H groups in total. The van der Waals surface area contributed by atoms with E-state index >= 15 is 0 Å². The van der Waals surface area contributed by atoms with E-state index in [0.717, 1.165) is 22.9 Å². The van der Waals surface area contributed by atoms with E-state index in [2.05, 4.69) is 10.6 Å². The van der Waals surface area contributed by atoms with E-state index in [-0.39, 0.29) is 18.8 Å². The molecule has 1 aromatic heterocycles. The van der Waals surface area contributed by atoms with Gasteiger partial charge in [0.05, 0.1) is 17.6 Å². The summed E-state index contributed by atoms with van der Waals surface area (Å²) in [5.41, 5.74) is 0.293. The Hall–Kier alpha value is -2.61. The molecule has 0 unspecified atom stereocenters. The molecule has 0 radical (unpaired) electrons. The quantitative estimate of drug-likeness (QED) is 0.655. The molecule has 1 aliphatic carbocycles. The first-order chi connectivity index (χ1) is 14.7. The Morgan fingerprint density at radius 2 is 1.77 bits per heavy atom. The van der Waals surface area contributed by atoms with Crippen LogP contribution in [0.1, 0.15) is 52.9 Å². The topological polar surface area (TPSA) is 105 Å². The number of hydrogen-bond acceptors (Lipinski definition) is 4. The molecule has 3 rings (SSSR count). The molecule has 1 atom stereocenters. The lowest BCUT2D eigenvalue weighted by Crippen LogP contribution is -2.55. The van der Waals surface area contributed by atoms with Crippen molar-refractivity contribution in [3.63, 3.8) is 0 Å². The second-order valence-electron chi connectivity index (χ2n) is 9.48. The molecule has 1 aromatic carbocycles. The third-order valence-electron chi connectivity index (χ3n) is 6.01. The van der Waals surface area contributed by atoms with Crippen LogP contribution in [0.15, 0.2) is 29.1 Å². The molecule has 0 saturated heterocycles. The molecule has 0 aliphatic heterocycles. The van der Waals surface area contributed by atoms with Gasteiger partial charge in [-0.3, -0.25) is 9.36 Å². The van der Waals surface area contributed by atoms with Crippen LogP contribution in [-0.2, 0) is 11.3 Å². The molecule has 1 aliphatic rings. The Balaban J connectivity index is 1.93. The molecule has 1 saturated carbocycles. The Morgan fingerprint density at radius 1 is 1.13 bits per heavy atom. The summed E-state index contributed by atoms with van der Waals surface area (Å²) in [5, 5.41) is 14.4. The third kappa shape index (κ3) is 5.18. The van der Waals surface area contributed by atoms with Crippen LogP contribution in [0.25, 0.3) is 11.0 Å². The van der Waals surface area contributed by atoms with Crippen molar-refractivity contribution in [1.82, 2.24) is 19.8 Å². The van der Waals surface area contributed by atoms with Crippen molar-refractivity contribution in [2.24, 2.45) is 11.3 Å². The number of aromatic nitrogens is 2. The highest BCUT2D eigenvalue weighted by atomic mass is 16.3. The van der Waals surface area contributed by atoms with Crippen molar-refractivity contribution in [2.45, 2.75) is 65.5 Å². The average Bonchev–Trinajstić information content (AvgIpc) is 3.01. The van der Waals surface area contributed by atoms with E-state index in [1.54, 1.807) is 16.7 Å². The molecule has 170 valence electrons. The maximum atomic E-state index is 13.3. The first-order valence-corrected chi connectivity index (χ1v) is 11.1. The van der Waals surface area contributed by atoms with Crippen LogP contribution < -0.4 is 16.3 Å². The highest BCUT2D eigenvalue weighted by molar-refractivity contribution is 5.93. The van der Waals surface area contributed by atoms with Gasteiger partial charge in [0.1, 0.15) is 6.04 Å². The Labute approximate surface area is 182 Å². The van der Waals surface area contributed by atoms with Crippen LogP contribution in [0.4, 0.5) is 4.79 Å². The summed E-state index contributed by atoms with van der Waals surface area (Å²) in [4.78, 5) is 39.1. The fraction of sp³-hybridized carbons (Fsp3) is 0.609. The SMILES string of the molecule is CC(C)(C)[C@H](NC(=O)n1c(=O)n(CC2CCCCC2)c2ccccc21)C(=O)NCCO. The number of fused-ring (bicyclic) bond motifs is 1. The van der Waals surface area contributed by atoms with Crippen LogP contribution in [0.3, 0.4) is 0 Å². The average molecular weight is 431 g/mol. The third-order valence-corrected chi connectivity index (χ3v) is 6.01. The zero-order valence-electron chi connectivity index (χ0n) is 18.7. The van der Waals surface area contributed by atoms with E-state index in [4.69, 9.17) is 5.11 Å². The van der Waals surface area contributed by atoms with Crippen molar-refractivity contribution in [3.8, 4) is 0 Å². The number of hydrogen-bond donors (Lipinski definition) is 3. The van der Waals surface area contributed by atoms with Gasteiger partial charge in [-0.05, 0) is 36.3 Å². The minimum absolute atomic E-state index is 0.0991. The van der Waals surface area contributed by atoms with Gasteiger partial charge in [0.15, 0.2) is 0 Å². The van der Waals surface area contributed by atoms with Crippen molar-refractivity contribution >= 4 is 23.0 Å². The Kier molecular flexibility index (Phi) is 7.20. The molecule has 1 fully saturated rings. The van der Waals surface area contributed by atoms with Crippen molar-refractivity contribution in [3.05, 3.63) is 34.7 Å². The van der Waals surface area contributed by atoms with Gasteiger partial charge in [-0.25, -0.2) is 14.2 Å². The van der Waals surface area contributed by atoms with E-state index in [1.165, 1.54) is 19.3 Å².